The summed E-state index contributed by atoms with van der Waals surface area (Å²) in [5, 5.41) is 20.1. The Bertz CT molecular complexity index is 478. The third-order valence-corrected chi connectivity index (χ3v) is 3.57. The fourth-order valence-corrected chi connectivity index (χ4v) is 2.38. The summed E-state index contributed by atoms with van der Waals surface area (Å²) in [5.74, 6) is -0.534. The third-order valence-electron chi connectivity index (χ3n) is 3.57. The average Bonchev–Trinajstić information content (AvgIpc) is 2.55. The number of rotatable bonds is 5. The number of hydrogen-bond acceptors (Lipinski definition) is 7. The zero-order valence-electron chi connectivity index (χ0n) is 12.4. The quantitative estimate of drug-likeness (QED) is 0.736. The van der Waals surface area contributed by atoms with Crippen molar-refractivity contribution < 1.29 is 34.0 Å². The van der Waals surface area contributed by atoms with Gasteiger partial charge in [0.05, 0.1) is 5.56 Å². The molecular weight excluding hydrogens is 292 g/mol. The molecule has 1 saturated heterocycles. The highest BCUT2D eigenvalue weighted by atomic mass is 16.7. The number of esters is 1. The first-order chi connectivity index (χ1) is 10.6. The second kappa shape index (κ2) is 7.66. The van der Waals surface area contributed by atoms with E-state index in [9.17, 15) is 15.0 Å². The number of hydrogen-bond donors (Lipinski definition) is 2. The van der Waals surface area contributed by atoms with Crippen LogP contribution in [0.4, 0.5) is 0 Å². The van der Waals surface area contributed by atoms with Crippen molar-refractivity contribution in [1.82, 2.24) is 0 Å². The first-order valence-electron chi connectivity index (χ1n) is 6.87. The minimum atomic E-state index is -1.28. The molecule has 1 heterocycles. The molecule has 0 spiro atoms. The van der Waals surface area contributed by atoms with E-state index in [2.05, 4.69) is 0 Å². The van der Waals surface area contributed by atoms with Gasteiger partial charge in [-0.1, -0.05) is 18.2 Å². The zero-order chi connectivity index (χ0) is 16.1. The minimum absolute atomic E-state index is 0.206. The van der Waals surface area contributed by atoms with Gasteiger partial charge in [0.1, 0.15) is 31.0 Å². The van der Waals surface area contributed by atoms with Crippen molar-refractivity contribution in [2.45, 2.75) is 30.7 Å². The van der Waals surface area contributed by atoms with Crippen molar-refractivity contribution in [3.63, 3.8) is 0 Å². The van der Waals surface area contributed by atoms with Gasteiger partial charge in [0.15, 0.2) is 6.29 Å². The predicted molar refractivity (Wildman–Crippen MR) is 75.2 cm³/mol. The Morgan fingerprint density at radius 2 is 1.77 bits per heavy atom. The topological polar surface area (TPSA) is 94.5 Å². The summed E-state index contributed by atoms with van der Waals surface area (Å²) in [6, 6.07) is 8.46. The Balaban J connectivity index is 1.96. The molecule has 1 aromatic rings. The van der Waals surface area contributed by atoms with E-state index in [0.717, 1.165) is 0 Å². The summed E-state index contributed by atoms with van der Waals surface area (Å²) >= 11 is 0. The van der Waals surface area contributed by atoms with E-state index in [1.807, 2.05) is 0 Å². The molecule has 0 radical (unpaired) electrons. The molecule has 22 heavy (non-hydrogen) atoms. The normalized spacial score (nSPS) is 31.7. The molecule has 0 saturated carbocycles. The molecule has 0 bridgehead atoms. The van der Waals surface area contributed by atoms with Crippen LogP contribution in [0.25, 0.3) is 0 Å². The molecule has 1 aliphatic heterocycles. The maximum absolute atomic E-state index is 11.9. The number of aliphatic hydroxyl groups is 2. The lowest BCUT2D eigenvalue weighted by Crippen LogP contribution is -2.60. The van der Waals surface area contributed by atoms with Gasteiger partial charge in [-0.3, -0.25) is 0 Å². The highest BCUT2D eigenvalue weighted by Gasteiger charge is 2.45. The van der Waals surface area contributed by atoms with Crippen molar-refractivity contribution in [1.29, 1.82) is 0 Å². The van der Waals surface area contributed by atoms with Crippen molar-refractivity contribution in [3.8, 4) is 0 Å². The van der Waals surface area contributed by atoms with Gasteiger partial charge in [0.25, 0.3) is 0 Å². The Morgan fingerprint density at radius 3 is 2.36 bits per heavy atom. The lowest BCUT2D eigenvalue weighted by molar-refractivity contribution is -0.295. The van der Waals surface area contributed by atoms with Gasteiger partial charge in [-0.25, -0.2) is 4.79 Å². The molecule has 2 N–H and O–H groups in total. The van der Waals surface area contributed by atoms with Crippen molar-refractivity contribution in [2.75, 3.05) is 20.8 Å². The molecule has 1 aliphatic rings. The van der Waals surface area contributed by atoms with E-state index in [1.54, 1.807) is 30.3 Å². The second-order valence-corrected chi connectivity index (χ2v) is 4.92. The van der Waals surface area contributed by atoms with Crippen LogP contribution >= 0.6 is 0 Å². The van der Waals surface area contributed by atoms with Crippen LogP contribution in [-0.4, -0.2) is 67.7 Å². The number of benzene rings is 1. The van der Waals surface area contributed by atoms with Crippen molar-refractivity contribution >= 4 is 5.97 Å². The Labute approximate surface area is 128 Å². The van der Waals surface area contributed by atoms with Crippen LogP contribution in [0.2, 0.25) is 0 Å². The molecule has 7 nitrogen and oxygen atoms in total. The summed E-state index contributed by atoms with van der Waals surface area (Å²) in [7, 11) is 2.77. The Kier molecular flexibility index (Phi) is 5.87. The predicted octanol–water partition coefficient (Wildman–Crippen LogP) is -0.0485. The molecule has 1 aromatic carbocycles. The molecule has 1 fully saturated rings. The maximum atomic E-state index is 11.9. The van der Waals surface area contributed by atoms with Crippen LogP contribution in [0.1, 0.15) is 10.4 Å². The number of carbonyl (C=O) groups is 1. The van der Waals surface area contributed by atoms with Gasteiger partial charge in [0.2, 0.25) is 0 Å². The number of carbonyl (C=O) groups excluding carboxylic acids is 1. The standard InChI is InChI=1S/C15H20O7/c1-19-12-11(16)10(22-15(18)13(12)20-2)8-21-14(17)9-6-4-3-5-7-9/h3-7,10-13,15-16,18H,8H2,1-2H3/t10-,11-,12+,13-,15-/m1/s1. The molecule has 7 heteroatoms. The molecule has 0 unspecified atom stereocenters. The summed E-state index contributed by atoms with van der Waals surface area (Å²) in [5.41, 5.74) is 0.395. The van der Waals surface area contributed by atoms with Crippen molar-refractivity contribution in [2.24, 2.45) is 0 Å². The maximum Gasteiger partial charge on any atom is 0.338 e. The van der Waals surface area contributed by atoms with Gasteiger partial charge in [0, 0.05) is 14.2 Å². The highest BCUT2D eigenvalue weighted by molar-refractivity contribution is 5.89. The van der Waals surface area contributed by atoms with E-state index in [-0.39, 0.29) is 6.61 Å². The van der Waals surface area contributed by atoms with E-state index < -0.39 is 36.7 Å². The summed E-state index contributed by atoms with van der Waals surface area (Å²) in [6.45, 7) is -0.206. The molecule has 5 atom stereocenters. The van der Waals surface area contributed by atoms with E-state index >= 15 is 0 Å². The van der Waals surface area contributed by atoms with Crippen LogP contribution < -0.4 is 0 Å². The van der Waals surface area contributed by atoms with E-state index in [0.29, 0.717) is 5.56 Å². The van der Waals surface area contributed by atoms with Gasteiger partial charge in [-0.15, -0.1) is 0 Å². The fourth-order valence-electron chi connectivity index (χ4n) is 2.38. The van der Waals surface area contributed by atoms with Crippen LogP contribution in [0.15, 0.2) is 30.3 Å². The summed E-state index contributed by atoms with van der Waals surface area (Å²) in [4.78, 5) is 11.9. The largest absolute Gasteiger partial charge is 0.459 e. The monoisotopic (exact) mass is 312 g/mol. The van der Waals surface area contributed by atoms with Gasteiger partial charge in [-0.05, 0) is 12.1 Å². The third kappa shape index (κ3) is 3.63. The Morgan fingerprint density at radius 1 is 1.14 bits per heavy atom. The van der Waals surface area contributed by atoms with Crippen LogP contribution in [0.3, 0.4) is 0 Å². The highest BCUT2D eigenvalue weighted by Crippen LogP contribution is 2.24. The van der Waals surface area contributed by atoms with Gasteiger partial charge < -0.3 is 29.2 Å². The lowest BCUT2D eigenvalue weighted by atomic mass is 9.99. The molecular formula is C15H20O7. The second-order valence-electron chi connectivity index (χ2n) is 4.92. The molecule has 122 valence electrons. The van der Waals surface area contributed by atoms with Crippen molar-refractivity contribution in [3.05, 3.63) is 35.9 Å². The molecule has 0 aliphatic carbocycles. The number of ether oxygens (including phenoxy) is 4. The van der Waals surface area contributed by atoms with Gasteiger partial charge >= 0.3 is 5.97 Å². The van der Waals surface area contributed by atoms with Crippen LogP contribution in [0, 0.1) is 0 Å². The smallest absolute Gasteiger partial charge is 0.338 e. The average molecular weight is 312 g/mol. The lowest BCUT2D eigenvalue weighted by Gasteiger charge is -2.41. The van der Waals surface area contributed by atoms with E-state index in [4.69, 9.17) is 18.9 Å². The first-order valence-corrected chi connectivity index (χ1v) is 6.87. The Hall–Kier alpha value is -1.51. The summed E-state index contributed by atoms with van der Waals surface area (Å²) < 4.78 is 20.6. The molecule has 0 aromatic heterocycles. The first kappa shape index (κ1) is 16.9. The zero-order valence-corrected chi connectivity index (χ0v) is 12.4. The molecule has 2 rings (SSSR count). The van der Waals surface area contributed by atoms with Crippen LogP contribution in [-0.2, 0) is 18.9 Å². The van der Waals surface area contributed by atoms with Crippen LogP contribution in [0.5, 0.6) is 0 Å². The molecule has 0 amide bonds. The number of methoxy groups -OCH3 is 2. The minimum Gasteiger partial charge on any atom is -0.459 e. The van der Waals surface area contributed by atoms with Gasteiger partial charge in [-0.2, -0.15) is 0 Å². The number of aliphatic hydroxyl groups excluding tert-OH is 2. The SMILES string of the molecule is CO[C@@H]1[C@@H](OC)[C@H](O)[C@@H](COC(=O)c2ccccc2)O[C@H]1O. The van der Waals surface area contributed by atoms with E-state index in [1.165, 1.54) is 14.2 Å². The fraction of sp³-hybridized carbons (Fsp3) is 0.533. The summed E-state index contributed by atoms with van der Waals surface area (Å²) in [6.07, 6.45) is -4.88.